The van der Waals surface area contributed by atoms with Crippen LogP contribution in [-0.4, -0.2) is 16.2 Å². The maximum atomic E-state index is 6.98. The van der Waals surface area contributed by atoms with Gasteiger partial charge in [0, 0.05) is 43.6 Å². The number of amidine groups is 2. The number of furan rings is 2. The highest BCUT2D eigenvalue weighted by Crippen LogP contribution is 2.38. The Morgan fingerprint density at radius 3 is 2.09 bits per heavy atom. The van der Waals surface area contributed by atoms with Gasteiger partial charge in [-0.05, 0) is 77.9 Å². The molecule has 0 saturated carbocycles. The second-order valence-corrected chi connectivity index (χ2v) is 14.3. The molecule has 11 aromatic rings. The summed E-state index contributed by atoms with van der Waals surface area (Å²) in [6, 6.07) is 58.3. The van der Waals surface area contributed by atoms with Gasteiger partial charge in [-0.25, -0.2) is 4.99 Å². The lowest BCUT2D eigenvalue weighted by atomic mass is 10.0. The molecule has 0 aliphatic carbocycles. The molecule has 0 amide bonds. The lowest BCUT2D eigenvalue weighted by molar-refractivity contribution is 0.667. The summed E-state index contributed by atoms with van der Waals surface area (Å²) in [5, 5.41) is 8.76. The third-order valence-electron chi connectivity index (χ3n) is 11.0. The van der Waals surface area contributed by atoms with Crippen LogP contribution in [-0.2, 0) is 0 Å². The molecule has 6 heteroatoms. The standard InChI is InChI=1S/C50H34N4O2/c1-30(31-13-3-2-4-14-31)52-50(53-49(51)38-20-12-24-46-47(38)37-18-8-10-23-44(37)55-46)39-21-11-19-36-41-29-34(25-26-45(41)56-48(36)39)54-42-22-9-7-17-35(42)40-27-32-15-5-6-16-33(32)28-43(40)54/h2-30H,1H3,(H2,51,52,53). The summed E-state index contributed by atoms with van der Waals surface area (Å²) in [5.74, 6) is 0.832. The van der Waals surface area contributed by atoms with Crippen LogP contribution < -0.4 is 5.73 Å². The first-order valence-electron chi connectivity index (χ1n) is 18.8. The van der Waals surface area contributed by atoms with Crippen LogP contribution in [0.3, 0.4) is 0 Å². The Labute approximate surface area is 321 Å². The van der Waals surface area contributed by atoms with E-state index in [0.717, 1.165) is 71.7 Å². The summed E-state index contributed by atoms with van der Waals surface area (Å²) in [5.41, 5.74) is 16.0. The predicted molar refractivity (Wildman–Crippen MR) is 231 cm³/mol. The Kier molecular flexibility index (Phi) is 7.19. The van der Waals surface area contributed by atoms with E-state index in [1.54, 1.807) is 0 Å². The van der Waals surface area contributed by atoms with Crippen LogP contribution in [0.15, 0.2) is 189 Å². The van der Waals surface area contributed by atoms with Crippen LogP contribution in [0, 0.1) is 0 Å². The van der Waals surface area contributed by atoms with Gasteiger partial charge in [0.1, 0.15) is 28.2 Å². The molecule has 56 heavy (non-hydrogen) atoms. The summed E-state index contributed by atoms with van der Waals surface area (Å²) < 4.78 is 15.3. The van der Waals surface area contributed by atoms with Gasteiger partial charge in [-0.2, -0.15) is 0 Å². The molecule has 1 unspecified atom stereocenters. The van der Waals surface area contributed by atoms with Crippen LogP contribution in [0.5, 0.6) is 0 Å². The van der Waals surface area contributed by atoms with E-state index in [1.807, 2.05) is 66.7 Å². The van der Waals surface area contributed by atoms with Gasteiger partial charge < -0.3 is 19.1 Å². The molecular weight excluding hydrogens is 689 g/mol. The normalized spacial score (nSPS) is 13.3. The van der Waals surface area contributed by atoms with Gasteiger partial charge in [-0.15, -0.1) is 0 Å². The molecule has 0 aliphatic heterocycles. The molecule has 3 aromatic heterocycles. The second kappa shape index (κ2) is 12.6. The zero-order valence-corrected chi connectivity index (χ0v) is 30.5. The molecule has 6 nitrogen and oxygen atoms in total. The van der Waals surface area contributed by atoms with Crippen LogP contribution in [0.4, 0.5) is 0 Å². The van der Waals surface area contributed by atoms with E-state index in [2.05, 4.69) is 115 Å². The van der Waals surface area contributed by atoms with E-state index in [4.69, 9.17) is 24.6 Å². The average Bonchev–Trinajstić information content (AvgIpc) is 3.92. The number of fused-ring (bicyclic) bond motifs is 10. The monoisotopic (exact) mass is 722 g/mol. The van der Waals surface area contributed by atoms with E-state index in [1.165, 1.54) is 21.5 Å². The minimum atomic E-state index is -0.203. The summed E-state index contributed by atoms with van der Waals surface area (Å²) in [6.45, 7) is 2.07. The van der Waals surface area contributed by atoms with Crippen molar-refractivity contribution in [3.63, 3.8) is 0 Å². The Bertz CT molecular complexity index is 3400. The molecular formula is C50H34N4O2. The Balaban J connectivity index is 1.11. The number of hydrogen-bond donors (Lipinski definition) is 1. The lowest BCUT2D eigenvalue weighted by Crippen LogP contribution is -2.17. The van der Waals surface area contributed by atoms with Crippen molar-refractivity contribution in [3.8, 4) is 5.69 Å². The molecule has 0 spiro atoms. The molecule has 0 aliphatic rings. The summed E-state index contributed by atoms with van der Waals surface area (Å²) >= 11 is 0. The minimum absolute atomic E-state index is 0.203. The molecule has 266 valence electrons. The van der Waals surface area contributed by atoms with E-state index in [9.17, 15) is 0 Å². The third kappa shape index (κ3) is 5.03. The molecule has 8 aromatic carbocycles. The first kappa shape index (κ1) is 32.0. The fourth-order valence-corrected chi connectivity index (χ4v) is 8.35. The molecule has 1 atom stereocenters. The SMILES string of the molecule is CC(/N=C(\N=C(/N)c1cccc2oc3ccccc3c12)c1cccc2c1oc1ccc(-n3c4ccccc4c4cc5ccccc5cc43)cc12)c1ccccc1. The number of nitrogens with two attached hydrogens (primary N) is 1. The van der Waals surface area contributed by atoms with Crippen molar-refractivity contribution in [3.05, 3.63) is 187 Å². The first-order chi connectivity index (χ1) is 27.6. The maximum absolute atomic E-state index is 6.98. The van der Waals surface area contributed by atoms with E-state index in [-0.39, 0.29) is 6.04 Å². The quantitative estimate of drug-likeness (QED) is 0.142. The number of hydrogen-bond acceptors (Lipinski definition) is 3. The fourth-order valence-electron chi connectivity index (χ4n) is 8.35. The van der Waals surface area contributed by atoms with Crippen molar-refractivity contribution in [2.45, 2.75) is 13.0 Å². The zero-order valence-electron chi connectivity index (χ0n) is 30.5. The van der Waals surface area contributed by atoms with Gasteiger partial charge in [-0.1, -0.05) is 115 Å². The topological polar surface area (TPSA) is 81.9 Å². The number of benzene rings is 8. The first-order valence-corrected chi connectivity index (χ1v) is 18.8. The van der Waals surface area contributed by atoms with E-state index in [0.29, 0.717) is 17.3 Å². The molecule has 0 bridgehead atoms. The van der Waals surface area contributed by atoms with Crippen molar-refractivity contribution >= 4 is 88.1 Å². The number of nitrogens with zero attached hydrogens (tertiary/aromatic N) is 3. The largest absolute Gasteiger partial charge is 0.456 e. The molecule has 0 fully saturated rings. The molecule has 0 radical (unpaired) electrons. The number of aromatic nitrogens is 1. The molecule has 11 rings (SSSR count). The number of aliphatic imine (C=N–C) groups is 2. The van der Waals surface area contributed by atoms with Gasteiger partial charge in [0.2, 0.25) is 0 Å². The van der Waals surface area contributed by atoms with Crippen LogP contribution in [0.25, 0.3) is 82.1 Å². The molecule has 0 saturated heterocycles. The van der Waals surface area contributed by atoms with E-state index >= 15 is 0 Å². The van der Waals surface area contributed by atoms with Gasteiger partial charge in [0.05, 0.1) is 22.6 Å². The number of rotatable bonds is 5. The minimum Gasteiger partial charge on any atom is -0.456 e. The Hall–Kier alpha value is -7.44. The smallest absolute Gasteiger partial charge is 0.161 e. The highest BCUT2D eigenvalue weighted by molar-refractivity contribution is 6.23. The Morgan fingerprint density at radius 1 is 0.536 bits per heavy atom. The third-order valence-corrected chi connectivity index (χ3v) is 11.0. The van der Waals surface area contributed by atoms with E-state index < -0.39 is 0 Å². The van der Waals surface area contributed by atoms with Gasteiger partial charge in [0.25, 0.3) is 0 Å². The fraction of sp³-hybridized carbons (Fsp3) is 0.0400. The molecule has 2 N–H and O–H groups in total. The zero-order chi connectivity index (χ0) is 37.3. The second-order valence-electron chi connectivity index (χ2n) is 14.3. The summed E-state index contributed by atoms with van der Waals surface area (Å²) in [7, 11) is 0. The predicted octanol–water partition coefficient (Wildman–Crippen LogP) is 12.6. The maximum Gasteiger partial charge on any atom is 0.161 e. The summed E-state index contributed by atoms with van der Waals surface area (Å²) in [6.07, 6.45) is 0. The van der Waals surface area contributed by atoms with Crippen LogP contribution in [0.2, 0.25) is 0 Å². The Morgan fingerprint density at radius 2 is 1.21 bits per heavy atom. The van der Waals surface area contributed by atoms with Crippen LogP contribution >= 0.6 is 0 Å². The average molecular weight is 723 g/mol. The van der Waals surface area contributed by atoms with Gasteiger partial charge >= 0.3 is 0 Å². The van der Waals surface area contributed by atoms with Gasteiger partial charge in [0.15, 0.2) is 5.84 Å². The lowest BCUT2D eigenvalue weighted by Gasteiger charge is -2.11. The van der Waals surface area contributed by atoms with Crippen molar-refractivity contribution in [1.29, 1.82) is 0 Å². The van der Waals surface area contributed by atoms with Crippen molar-refractivity contribution in [2.75, 3.05) is 0 Å². The van der Waals surface area contributed by atoms with Crippen molar-refractivity contribution in [2.24, 2.45) is 15.7 Å². The molecule has 3 heterocycles. The summed E-state index contributed by atoms with van der Waals surface area (Å²) in [4.78, 5) is 10.4. The number of para-hydroxylation sites is 3. The van der Waals surface area contributed by atoms with Crippen LogP contribution in [0.1, 0.15) is 29.7 Å². The highest BCUT2D eigenvalue weighted by Gasteiger charge is 2.20. The van der Waals surface area contributed by atoms with Crippen molar-refractivity contribution < 1.29 is 8.83 Å². The van der Waals surface area contributed by atoms with Crippen molar-refractivity contribution in [1.82, 2.24) is 4.57 Å². The van der Waals surface area contributed by atoms with Gasteiger partial charge in [-0.3, -0.25) is 4.99 Å². The highest BCUT2D eigenvalue weighted by atomic mass is 16.3.